The predicted octanol–water partition coefficient (Wildman–Crippen LogP) is 2.19. The molecule has 1 rings (SSSR count). The van der Waals surface area contributed by atoms with Gasteiger partial charge in [0.25, 0.3) is 0 Å². The van der Waals surface area contributed by atoms with Gasteiger partial charge in [0.15, 0.2) is 0 Å². The Morgan fingerprint density at radius 1 is 1.62 bits per heavy atom. The van der Waals surface area contributed by atoms with E-state index in [1.807, 2.05) is 0 Å². The van der Waals surface area contributed by atoms with Crippen LogP contribution in [-0.4, -0.2) is 16.2 Å². The van der Waals surface area contributed by atoms with E-state index >= 15 is 0 Å². The molecule has 3 nitrogen and oxygen atoms in total. The minimum Gasteiger partial charge on any atom is -0.505 e. The number of rotatable bonds is 1. The van der Waals surface area contributed by atoms with E-state index in [1.54, 1.807) is 0 Å². The molecular weight excluding hydrogens is 199 g/mol. The molecule has 0 saturated heterocycles. The minimum atomic E-state index is -1.41. The normalized spacial score (nSPS) is 10.1. The third-order valence-electron chi connectivity index (χ3n) is 1.66. The third-order valence-corrected chi connectivity index (χ3v) is 1.95. The molecule has 0 heterocycles. The van der Waals surface area contributed by atoms with Crippen LogP contribution in [0.2, 0.25) is 5.02 Å². The largest absolute Gasteiger partial charge is 0.505 e. The number of halogens is 2. The molecular formula is C8H6ClFO3. The fraction of sp³-hybridized carbons (Fsp3) is 0.125. The summed E-state index contributed by atoms with van der Waals surface area (Å²) in [5.74, 6) is -2.76. The van der Waals surface area contributed by atoms with E-state index in [1.165, 1.54) is 6.92 Å². The van der Waals surface area contributed by atoms with Crippen molar-refractivity contribution in [3.05, 3.63) is 28.0 Å². The van der Waals surface area contributed by atoms with E-state index in [2.05, 4.69) is 0 Å². The Kier molecular flexibility index (Phi) is 2.43. The van der Waals surface area contributed by atoms with Gasteiger partial charge in [0.1, 0.15) is 17.1 Å². The number of phenols is 1. The molecule has 0 radical (unpaired) electrons. The summed E-state index contributed by atoms with van der Waals surface area (Å²) >= 11 is 5.38. The smallest absolute Gasteiger partial charge is 0.339 e. The van der Waals surface area contributed by atoms with Crippen molar-refractivity contribution in [2.45, 2.75) is 6.92 Å². The number of hydrogen-bond acceptors (Lipinski definition) is 2. The fourth-order valence-electron chi connectivity index (χ4n) is 0.966. The summed E-state index contributed by atoms with van der Waals surface area (Å²) in [6, 6.07) is 0.874. The minimum absolute atomic E-state index is 0.130. The highest BCUT2D eigenvalue weighted by Crippen LogP contribution is 2.31. The number of benzene rings is 1. The van der Waals surface area contributed by atoms with Crippen LogP contribution in [0, 0.1) is 12.7 Å². The molecule has 0 atom stereocenters. The summed E-state index contributed by atoms with van der Waals surface area (Å²) < 4.78 is 12.9. The number of carboxylic acids is 1. The van der Waals surface area contributed by atoms with Gasteiger partial charge in [-0.3, -0.25) is 0 Å². The Hall–Kier alpha value is -1.29. The van der Waals surface area contributed by atoms with Gasteiger partial charge in [-0.25, -0.2) is 9.18 Å². The lowest BCUT2D eigenvalue weighted by Gasteiger charge is -2.06. The molecule has 13 heavy (non-hydrogen) atoms. The first-order chi connectivity index (χ1) is 5.95. The monoisotopic (exact) mass is 204 g/mol. The Labute approximate surface area is 78.4 Å². The molecule has 70 valence electrons. The topological polar surface area (TPSA) is 57.5 Å². The zero-order valence-corrected chi connectivity index (χ0v) is 7.39. The number of carboxylic acid groups (broad SMARTS) is 1. The molecule has 5 heteroatoms. The van der Waals surface area contributed by atoms with E-state index in [-0.39, 0.29) is 10.6 Å². The van der Waals surface area contributed by atoms with Crippen LogP contribution in [0.1, 0.15) is 15.9 Å². The summed E-state index contributed by atoms with van der Waals surface area (Å²) in [5, 5.41) is 17.5. The summed E-state index contributed by atoms with van der Waals surface area (Å²) in [6.45, 7) is 1.26. The maximum absolute atomic E-state index is 12.9. The van der Waals surface area contributed by atoms with Crippen molar-refractivity contribution in [3.8, 4) is 5.75 Å². The van der Waals surface area contributed by atoms with Crippen LogP contribution < -0.4 is 0 Å². The highest BCUT2D eigenvalue weighted by Gasteiger charge is 2.19. The van der Waals surface area contributed by atoms with Crippen LogP contribution in [-0.2, 0) is 0 Å². The van der Waals surface area contributed by atoms with E-state index in [0.717, 1.165) is 6.07 Å². The first-order valence-electron chi connectivity index (χ1n) is 3.36. The number of carbonyl (C=O) groups is 1. The number of hydrogen-bond donors (Lipinski definition) is 2. The average molecular weight is 205 g/mol. The quantitative estimate of drug-likeness (QED) is 0.737. The van der Waals surface area contributed by atoms with Crippen LogP contribution in [0.4, 0.5) is 4.39 Å². The lowest BCUT2D eigenvalue weighted by Crippen LogP contribution is -2.02. The third kappa shape index (κ3) is 1.58. The van der Waals surface area contributed by atoms with Crippen molar-refractivity contribution < 1.29 is 19.4 Å². The van der Waals surface area contributed by atoms with E-state index < -0.39 is 23.1 Å². The summed E-state index contributed by atoms with van der Waals surface area (Å²) in [5.41, 5.74) is -0.626. The van der Waals surface area contributed by atoms with Gasteiger partial charge in [-0.1, -0.05) is 11.6 Å². The number of aromatic carboxylic acids is 1. The molecule has 0 fully saturated rings. The average Bonchev–Trinajstić information content (AvgIpc) is 2.01. The Morgan fingerprint density at radius 2 is 2.15 bits per heavy atom. The van der Waals surface area contributed by atoms with Gasteiger partial charge in [-0.05, 0) is 13.0 Å². The van der Waals surface area contributed by atoms with Gasteiger partial charge >= 0.3 is 5.97 Å². The van der Waals surface area contributed by atoms with Crippen LogP contribution in [0.15, 0.2) is 6.07 Å². The van der Waals surface area contributed by atoms with Gasteiger partial charge < -0.3 is 10.2 Å². The molecule has 2 N–H and O–H groups in total. The van der Waals surface area contributed by atoms with E-state index in [4.69, 9.17) is 16.7 Å². The molecule has 0 bridgehead atoms. The van der Waals surface area contributed by atoms with Gasteiger partial charge in [0, 0.05) is 5.56 Å². The molecule has 1 aromatic rings. The predicted molar refractivity (Wildman–Crippen MR) is 44.8 cm³/mol. The lowest BCUT2D eigenvalue weighted by atomic mass is 10.1. The number of aromatic hydroxyl groups is 1. The Balaban J connectivity index is 3.56. The Bertz CT molecular complexity index is 350. The first-order valence-corrected chi connectivity index (χ1v) is 3.73. The molecule has 0 unspecified atom stereocenters. The second kappa shape index (κ2) is 3.22. The zero-order valence-electron chi connectivity index (χ0n) is 6.64. The highest BCUT2D eigenvalue weighted by atomic mass is 35.5. The molecule has 0 aliphatic rings. The standard InChI is InChI=1S/C8H6ClFO3/c1-3-5(10)2-4(9)7(11)6(3)8(12)13/h2,11H,1H3,(H,12,13). The SMILES string of the molecule is Cc1c(F)cc(Cl)c(O)c1C(=O)O. The van der Waals surface area contributed by atoms with Gasteiger partial charge in [0.05, 0.1) is 5.02 Å². The maximum atomic E-state index is 12.9. The van der Waals surface area contributed by atoms with Crippen molar-refractivity contribution >= 4 is 17.6 Å². The molecule has 1 aromatic carbocycles. The van der Waals surface area contributed by atoms with Crippen molar-refractivity contribution in [2.24, 2.45) is 0 Å². The van der Waals surface area contributed by atoms with Crippen LogP contribution in [0.5, 0.6) is 5.75 Å². The van der Waals surface area contributed by atoms with Crippen molar-refractivity contribution in [3.63, 3.8) is 0 Å². The van der Waals surface area contributed by atoms with Crippen molar-refractivity contribution in [1.29, 1.82) is 0 Å². The second-order valence-electron chi connectivity index (χ2n) is 2.49. The lowest BCUT2D eigenvalue weighted by molar-refractivity contribution is 0.0692. The molecule has 0 spiro atoms. The van der Waals surface area contributed by atoms with E-state index in [0.29, 0.717) is 0 Å². The maximum Gasteiger partial charge on any atom is 0.339 e. The first kappa shape index (κ1) is 9.80. The Morgan fingerprint density at radius 3 is 2.62 bits per heavy atom. The molecule has 0 saturated carbocycles. The van der Waals surface area contributed by atoms with E-state index in [9.17, 15) is 14.3 Å². The van der Waals surface area contributed by atoms with Gasteiger partial charge in [-0.15, -0.1) is 0 Å². The van der Waals surface area contributed by atoms with Crippen LogP contribution in [0.25, 0.3) is 0 Å². The van der Waals surface area contributed by atoms with Crippen molar-refractivity contribution in [1.82, 2.24) is 0 Å². The molecule has 0 aliphatic carbocycles. The summed E-state index contributed by atoms with van der Waals surface area (Å²) in [4.78, 5) is 10.6. The highest BCUT2D eigenvalue weighted by molar-refractivity contribution is 6.32. The van der Waals surface area contributed by atoms with Crippen LogP contribution >= 0.6 is 11.6 Å². The van der Waals surface area contributed by atoms with Crippen molar-refractivity contribution in [2.75, 3.05) is 0 Å². The van der Waals surface area contributed by atoms with Gasteiger partial charge in [0.2, 0.25) is 0 Å². The summed E-state index contributed by atoms with van der Waals surface area (Å²) in [6.07, 6.45) is 0. The zero-order chi connectivity index (χ0) is 10.2. The van der Waals surface area contributed by atoms with Gasteiger partial charge in [-0.2, -0.15) is 0 Å². The van der Waals surface area contributed by atoms with Crippen LogP contribution in [0.3, 0.4) is 0 Å². The molecule has 0 amide bonds. The second-order valence-corrected chi connectivity index (χ2v) is 2.90. The summed E-state index contributed by atoms with van der Waals surface area (Å²) in [7, 11) is 0. The molecule has 0 aliphatic heterocycles. The fourth-order valence-corrected chi connectivity index (χ4v) is 1.16. The molecule has 0 aromatic heterocycles.